The van der Waals surface area contributed by atoms with Gasteiger partial charge >= 0.3 is 12.0 Å². The molecular formula is C20H24N4O4. The first kappa shape index (κ1) is 20.8. The van der Waals surface area contributed by atoms with Gasteiger partial charge in [-0.2, -0.15) is 0 Å². The summed E-state index contributed by atoms with van der Waals surface area (Å²) in [4.78, 5) is 40.3. The van der Waals surface area contributed by atoms with Crippen LogP contribution in [-0.2, 0) is 16.0 Å². The Labute approximate surface area is 162 Å². The number of fused-ring (bicyclic) bond motifs is 1. The Kier molecular flexibility index (Phi) is 7.38. The van der Waals surface area contributed by atoms with E-state index >= 15 is 0 Å². The Morgan fingerprint density at radius 2 is 1.86 bits per heavy atom. The quantitative estimate of drug-likeness (QED) is 0.466. The van der Waals surface area contributed by atoms with Crippen molar-refractivity contribution in [3.05, 3.63) is 61.3 Å². The highest BCUT2D eigenvalue weighted by molar-refractivity contribution is 5.88. The van der Waals surface area contributed by atoms with Gasteiger partial charge in [0.2, 0.25) is 5.91 Å². The van der Waals surface area contributed by atoms with Gasteiger partial charge in [-0.3, -0.25) is 4.79 Å². The first-order valence-electron chi connectivity index (χ1n) is 8.78. The van der Waals surface area contributed by atoms with E-state index in [-0.39, 0.29) is 18.9 Å². The number of para-hydroxylation sites is 1. The van der Waals surface area contributed by atoms with E-state index < -0.39 is 18.0 Å². The maximum atomic E-state index is 12.1. The molecule has 3 amide bonds. The molecule has 8 heteroatoms. The normalized spacial score (nSPS) is 11.4. The fourth-order valence-corrected chi connectivity index (χ4v) is 2.79. The average molecular weight is 384 g/mol. The number of amides is 3. The lowest BCUT2D eigenvalue weighted by Gasteiger charge is -2.20. The number of carboxylic acid groups (broad SMARTS) is 1. The smallest absolute Gasteiger partial charge is 0.326 e. The van der Waals surface area contributed by atoms with E-state index in [1.165, 1.54) is 4.90 Å². The van der Waals surface area contributed by atoms with E-state index in [9.17, 15) is 19.5 Å². The minimum absolute atomic E-state index is 0.111. The number of aromatic nitrogens is 1. The summed E-state index contributed by atoms with van der Waals surface area (Å²) in [7, 11) is 0. The molecule has 0 aliphatic rings. The molecule has 1 heterocycles. The van der Waals surface area contributed by atoms with Crippen LogP contribution in [0.25, 0.3) is 10.9 Å². The summed E-state index contributed by atoms with van der Waals surface area (Å²) in [5.41, 5.74) is 1.67. The number of hydrogen-bond acceptors (Lipinski definition) is 3. The molecule has 1 aromatic carbocycles. The Hall–Kier alpha value is -3.55. The van der Waals surface area contributed by atoms with E-state index in [0.717, 1.165) is 16.5 Å². The molecule has 28 heavy (non-hydrogen) atoms. The van der Waals surface area contributed by atoms with Crippen LogP contribution < -0.4 is 10.6 Å². The molecule has 8 nitrogen and oxygen atoms in total. The molecule has 0 aliphatic carbocycles. The zero-order valence-electron chi connectivity index (χ0n) is 15.5. The Morgan fingerprint density at radius 3 is 2.50 bits per heavy atom. The molecule has 0 fully saturated rings. The van der Waals surface area contributed by atoms with Gasteiger partial charge in [-0.15, -0.1) is 13.2 Å². The number of aliphatic carboxylic acids is 1. The lowest BCUT2D eigenvalue weighted by molar-refractivity contribution is -0.139. The van der Waals surface area contributed by atoms with Crippen LogP contribution in [0.5, 0.6) is 0 Å². The van der Waals surface area contributed by atoms with Crippen LogP contribution in [0.3, 0.4) is 0 Å². The third-order valence-electron chi connectivity index (χ3n) is 4.15. The topological polar surface area (TPSA) is 115 Å². The summed E-state index contributed by atoms with van der Waals surface area (Å²) in [6.07, 6.45) is 4.98. The predicted molar refractivity (Wildman–Crippen MR) is 107 cm³/mol. The molecule has 0 unspecified atom stereocenters. The van der Waals surface area contributed by atoms with Gasteiger partial charge in [0.05, 0.1) is 6.54 Å². The number of hydrogen-bond donors (Lipinski definition) is 4. The molecule has 0 bridgehead atoms. The highest BCUT2D eigenvalue weighted by Gasteiger charge is 2.22. The van der Waals surface area contributed by atoms with Crippen molar-refractivity contribution in [3.8, 4) is 0 Å². The van der Waals surface area contributed by atoms with Crippen molar-refractivity contribution in [1.29, 1.82) is 0 Å². The molecule has 1 aromatic heterocycles. The molecule has 0 radical (unpaired) electrons. The lowest BCUT2D eigenvalue weighted by atomic mass is 10.1. The van der Waals surface area contributed by atoms with E-state index in [2.05, 4.69) is 28.8 Å². The summed E-state index contributed by atoms with van der Waals surface area (Å²) in [6.45, 7) is 7.56. The van der Waals surface area contributed by atoms with Gasteiger partial charge in [-0.25, -0.2) is 9.59 Å². The Morgan fingerprint density at radius 1 is 1.18 bits per heavy atom. The number of carboxylic acids is 1. The minimum atomic E-state index is -1.16. The summed E-state index contributed by atoms with van der Waals surface area (Å²) in [6, 6.07) is 5.65. The predicted octanol–water partition coefficient (Wildman–Crippen LogP) is 1.66. The second-order valence-corrected chi connectivity index (χ2v) is 6.16. The van der Waals surface area contributed by atoms with Gasteiger partial charge in [-0.05, 0) is 11.6 Å². The van der Waals surface area contributed by atoms with E-state index in [1.807, 2.05) is 24.3 Å². The summed E-state index contributed by atoms with van der Waals surface area (Å²) in [5, 5.41) is 15.2. The SMILES string of the molecule is C=CCN(CC=C)C(=O)CNC(=O)N[C@@H](Cc1c[nH]c2ccccc12)C(=O)O. The summed E-state index contributed by atoms with van der Waals surface area (Å²) in [5.74, 6) is -1.48. The highest BCUT2D eigenvalue weighted by atomic mass is 16.4. The molecule has 0 saturated heterocycles. The Bertz CT molecular complexity index is 864. The standard InChI is InChI=1S/C20H24N4O4/c1-3-9-24(10-4-2)18(25)13-22-20(28)23-17(19(26)27)11-14-12-21-16-8-6-5-7-15(14)16/h3-8,12,17,21H,1-2,9-11,13H2,(H,26,27)(H2,22,23,28)/t17-/m0/s1. The highest BCUT2D eigenvalue weighted by Crippen LogP contribution is 2.19. The molecule has 4 N–H and O–H groups in total. The zero-order valence-corrected chi connectivity index (χ0v) is 15.5. The fourth-order valence-electron chi connectivity index (χ4n) is 2.79. The van der Waals surface area contributed by atoms with Crippen LogP contribution in [0.1, 0.15) is 5.56 Å². The van der Waals surface area contributed by atoms with Crippen molar-refractivity contribution in [3.63, 3.8) is 0 Å². The maximum absolute atomic E-state index is 12.1. The van der Waals surface area contributed by atoms with Crippen LogP contribution in [0.2, 0.25) is 0 Å². The number of urea groups is 1. The van der Waals surface area contributed by atoms with Crippen molar-refractivity contribution < 1.29 is 19.5 Å². The average Bonchev–Trinajstić information content (AvgIpc) is 3.08. The number of rotatable bonds is 10. The first-order valence-corrected chi connectivity index (χ1v) is 8.78. The van der Waals surface area contributed by atoms with Crippen molar-refractivity contribution in [1.82, 2.24) is 20.5 Å². The summed E-state index contributed by atoms with van der Waals surface area (Å²) < 4.78 is 0. The van der Waals surface area contributed by atoms with Gasteiger partial charge in [0.15, 0.2) is 0 Å². The monoisotopic (exact) mass is 384 g/mol. The van der Waals surface area contributed by atoms with Crippen LogP contribution in [0.15, 0.2) is 55.8 Å². The largest absolute Gasteiger partial charge is 0.480 e. The van der Waals surface area contributed by atoms with Crippen molar-refractivity contribution in [2.45, 2.75) is 12.5 Å². The molecule has 2 aromatic rings. The fraction of sp³-hybridized carbons (Fsp3) is 0.250. The van der Waals surface area contributed by atoms with E-state index in [4.69, 9.17) is 0 Å². The van der Waals surface area contributed by atoms with E-state index in [0.29, 0.717) is 13.1 Å². The van der Waals surface area contributed by atoms with Gasteiger partial charge in [-0.1, -0.05) is 30.4 Å². The zero-order chi connectivity index (χ0) is 20.5. The lowest BCUT2D eigenvalue weighted by Crippen LogP contribution is -2.49. The third kappa shape index (κ3) is 5.47. The molecule has 0 aliphatic heterocycles. The van der Waals surface area contributed by atoms with Crippen molar-refractivity contribution in [2.75, 3.05) is 19.6 Å². The van der Waals surface area contributed by atoms with Crippen LogP contribution in [-0.4, -0.2) is 58.6 Å². The second kappa shape index (κ2) is 9.96. The van der Waals surface area contributed by atoms with Crippen LogP contribution in [0, 0.1) is 0 Å². The molecule has 2 rings (SSSR count). The van der Waals surface area contributed by atoms with Gasteiger partial charge < -0.3 is 25.6 Å². The molecular weight excluding hydrogens is 360 g/mol. The van der Waals surface area contributed by atoms with Crippen molar-refractivity contribution in [2.24, 2.45) is 0 Å². The van der Waals surface area contributed by atoms with Crippen molar-refractivity contribution >= 4 is 28.8 Å². The van der Waals surface area contributed by atoms with Gasteiger partial charge in [0, 0.05) is 36.6 Å². The number of nitrogens with one attached hydrogen (secondary N) is 3. The van der Waals surface area contributed by atoms with E-state index in [1.54, 1.807) is 18.3 Å². The molecule has 0 spiro atoms. The number of benzene rings is 1. The molecule has 148 valence electrons. The minimum Gasteiger partial charge on any atom is -0.480 e. The maximum Gasteiger partial charge on any atom is 0.326 e. The number of aromatic amines is 1. The number of nitrogens with zero attached hydrogens (tertiary/aromatic N) is 1. The number of H-pyrrole nitrogens is 1. The van der Waals surface area contributed by atoms with Gasteiger partial charge in [0.25, 0.3) is 0 Å². The molecule has 1 atom stereocenters. The van der Waals surface area contributed by atoms with Crippen LogP contribution in [0.4, 0.5) is 4.79 Å². The number of carbonyl (C=O) groups is 3. The number of carbonyl (C=O) groups excluding carboxylic acids is 2. The second-order valence-electron chi connectivity index (χ2n) is 6.16. The third-order valence-corrected chi connectivity index (χ3v) is 4.15. The Balaban J connectivity index is 1.95. The van der Waals surface area contributed by atoms with Crippen LogP contribution >= 0.6 is 0 Å². The molecule has 0 saturated carbocycles. The summed E-state index contributed by atoms with van der Waals surface area (Å²) >= 11 is 0. The first-order chi connectivity index (χ1) is 13.5. The van der Waals surface area contributed by atoms with Gasteiger partial charge in [0.1, 0.15) is 6.04 Å².